The molecule has 0 atom stereocenters. The molecule has 2 saturated heterocycles. The third-order valence-corrected chi connectivity index (χ3v) is 6.56. The van der Waals surface area contributed by atoms with Gasteiger partial charge in [0.15, 0.2) is 0 Å². The van der Waals surface area contributed by atoms with E-state index in [1.807, 2.05) is 19.1 Å². The lowest BCUT2D eigenvalue weighted by molar-refractivity contribution is 0.00610. The van der Waals surface area contributed by atoms with Crippen LogP contribution in [0.2, 0.25) is 0 Å². The van der Waals surface area contributed by atoms with Crippen LogP contribution in [-0.4, -0.2) is 63.1 Å². The zero-order chi connectivity index (χ0) is 15.6. The maximum atomic E-state index is 12.7. The molecule has 2 heterocycles. The Hall–Kier alpha value is -0.950. The SMILES string of the molecule is Cc1ccc(S(=O)(=O)N2CCC(N3CCOCC3)CC2)cc1. The van der Waals surface area contributed by atoms with E-state index in [9.17, 15) is 8.42 Å². The fourth-order valence-corrected chi connectivity index (χ4v) is 4.72. The molecule has 1 aromatic carbocycles. The van der Waals surface area contributed by atoms with Gasteiger partial charge in [-0.3, -0.25) is 4.90 Å². The number of piperidine rings is 1. The maximum Gasteiger partial charge on any atom is 0.243 e. The Labute approximate surface area is 132 Å². The summed E-state index contributed by atoms with van der Waals surface area (Å²) in [5.41, 5.74) is 1.07. The van der Waals surface area contributed by atoms with Crippen LogP contribution < -0.4 is 0 Å². The number of rotatable bonds is 3. The molecule has 22 heavy (non-hydrogen) atoms. The van der Waals surface area contributed by atoms with Gasteiger partial charge in [-0.2, -0.15) is 4.31 Å². The molecule has 6 heteroatoms. The summed E-state index contributed by atoms with van der Waals surface area (Å²) in [4.78, 5) is 2.85. The van der Waals surface area contributed by atoms with Crippen LogP contribution in [0.25, 0.3) is 0 Å². The number of hydrogen-bond donors (Lipinski definition) is 0. The third-order valence-electron chi connectivity index (χ3n) is 4.64. The van der Waals surface area contributed by atoms with E-state index in [0.29, 0.717) is 24.0 Å². The van der Waals surface area contributed by atoms with E-state index in [1.165, 1.54) is 0 Å². The quantitative estimate of drug-likeness (QED) is 0.845. The van der Waals surface area contributed by atoms with Crippen LogP contribution in [0.4, 0.5) is 0 Å². The highest BCUT2D eigenvalue weighted by Gasteiger charge is 2.31. The molecule has 0 unspecified atom stereocenters. The van der Waals surface area contributed by atoms with E-state index in [1.54, 1.807) is 16.4 Å². The Balaban J connectivity index is 1.63. The van der Waals surface area contributed by atoms with Crippen LogP contribution in [0, 0.1) is 6.92 Å². The molecule has 2 aliphatic heterocycles. The van der Waals surface area contributed by atoms with Crippen molar-refractivity contribution in [2.45, 2.75) is 30.7 Å². The summed E-state index contributed by atoms with van der Waals surface area (Å²) in [6, 6.07) is 7.62. The third kappa shape index (κ3) is 3.35. The first kappa shape index (κ1) is 15.9. The maximum absolute atomic E-state index is 12.7. The highest BCUT2D eigenvalue weighted by atomic mass is 32.2. The smallest absolute Gasteiger partial charge is 0.243 e. The summed E-state index contributed by atoms with van der Waals surface area (Å²) in [5, 5.41) is 0. The molecule has 0 radical (unpaired) electrons. The van der Waals surface area contributed by atoms with Gasteiger partial charge in [0.2, 0.25) is 10.0 Å². The van der Waals surface area contributed by atoms with Gasteiger partial charge in [-0.05, 0) is 31.9 Å². The van der Waals surface area contributed by atoms with Crippen molar-refractivity contribution in [3.8, 4) is 0 Å². The average Bonchev–Trinajstić information content (AvgIpc) is 2.56. The van der Waals surface area contributed by atoms with Gasteiger partial charge in [0.1, 0.15) is 0 Å². The minimum Gasteiger partial charge on any atom is -0.379 e. The van der Waals surface area contributed by atoms with Gasteiger partial charge in [0, 0.05) is 32.2 Å². The molecule has 1 aromatic rings. The number of benzene rings is 1. The molecule has 5 nitrogen and oxygen atoms in total. The highest BCUT2D eigenvalue weighted by molar-refractivity contribution is 7.89. The molecule has 2 fully saturated rings. The largest absolute Gasteiger partial charge is 0.379 e. The molecule has 0 bridgehead atoms. The molecule has 0 aromatic heterocycles. The van der Waals surface area contributed by atoms with Gasteiger partial charge < -0.3 is 4.74 Å². The molecule has 2 aliphatic rings. The number of sulfonamides is 1. The summed E-state index contributed by atoms with van der Waals surface area (Å²) < 4.78 is 32.4. The molecule has 122 valence electrons. The van der Waals surface area contributed by atoms with Gasteiger partial charge >= 0.3 is 0 Å². The summed E-state index contributed by atoms with van der Waals surface area (Å²) in [6.07, 6.45) is 1.82. The van der Waals surface area contributed by atoms with Crippen LogP contribution in [0.3, 0.4) is 0 Å². The number of hydrogen-bond acceptors (Lipinski definition) is 4. The molecule has 3 rings (SSSR count). The van der Waals surface area contributed by atoms with Gasteiger partial charge in [-0.15, -0.1) is 0 Å². The number of morpholine rings is 1. The van der Waals surface area contributed by atoms with Crippen molar-refractivity contribution in [2.24, 2.45) is 0 Å². The van der Waals surface area contributed by atoms with Crippen molar-refractivity contribution in [2.75, 3.05) is 39.4 Å². The van der Waals surface area contributed by atoms with E-state index in [0.717, 1.165) is 44.7 Å². The van der Waals surface area contributed by atoms with Crippen LogP contribution in [0.1, 0.15) is 18.4 Å². The lowest BCUT2D eigenvalue weighted by atomic mass is 10.0. The number of aryl methyl sites for hydroxylation is 1. The fourth-order valence-electron chi connectivity index (χ4n) is 3.25. The Morgan fingerprint density at radius 3 is 2.18 bits per heavy atom. The Kier molecular flexibility index (Phi) is 4.82. The molecule has 0 saturated carbocycles. The summed E-state index contributed by atoms with van der Waals surface area (Å²) in [6.45, 7) is 6.70. The van der Waals surface area contributed by atoms with Crippen molar-refractivity contribution in [3.05, 3.63) is 29.8 Å². The fraction of sp³-hybridized carbons (Fsp3) is 0.625. The molecule has 0 N–H and O–H groups in total. The summed E-state index contributed by atoms with van der Waals surface area (Å²) in [5.74, 6) is 0. The number of ether oxygens (including phenoxy) is 1. The molecule has 0 aliphatic carbocycles. The zero-order valence-corrected chi connectivity index (χ0v) is 13.9. The minimum atomic E-state index is -3.34. The average molecular weight is 324 g/mol. The standard InChI is InChI=1S/C16H24N2O3S/c1-14-2-4-16(5-3-14)22(19,20)18-8-6-15(7-9-18)17-10-12-21-13-11-17/h2-5,15H,6-13H2,1H3. The normalized spacial score (nSPS) is 22.8. The first-order valence-electron chi connectivity index (χ1n) is 7.96. The summed E-state index contributed by atoms with van der Waals surface area (Å²) >= 11 is 0. The van der Waals surface area contributed by atoms with Crippen LogP contribution in [0.15, 0.2) is 29.2 Å². The predicted octanol–water partition coefficient (Wildman–Crippen LogP) is 1.48. The van der Waals surface area contributed by atoms with E-state index in [-0.39, 0.29) is 0 Å². The van der Waals surface area contributed by atoms with Gasteiger partial charge in [-0.25, -0.2) is 8.42 Å². The van der Waals surface area contributed by atoms with Gasteiger partial charge in [0.05, 0.1) is 18.1 Å². The minimum absolute atomic E-state index is 0.405. The molecule has 0 amide bonds. The van der Waals surface area contributed by atoms with Crippen molar-refractivity contribution in [1.29, 1.82) is 0 Å². The second kappa shape index (κ2) is 6.66. The summed E-state index contributed by atoms with van der Waals surface area (Å²) in [7, 11) is -3.34. The van der Waals surface area contributed by atoms with Crippen molar-refractivity contribution in [1.82, 2.24) is 9.21 Å². The lowest BCUT2D eigenvalue weighted by Crippen LogP contribution is -2.50. The lowest BCUT2D eigenvalue weighted by Gasteiger charge is -2.39. The Bertz CT molecular complexity index is 586. The molecular formula is C16H24N2O3S. The van der Waals surface area contributed by atoms with Crippen LogP contribution >= 0.6 is 0 Å². The van der Waals surface area contributed by atoms with E-state index < -0.39 is 10.0 Å². The molecular weight excluding hydrogens is 300 g/mol. The Morgan fingerprint density at radius 2 is 1.59 bits per heavy atom. The number of nitrogens with zero attached hydrogens (tertiary/aromatic N) is 2. The van der Waals surface area contributed by atoms with Crippen molar-refractivity contribution < 1.29 is 13.2 Å². The second-order valence-corrected chi connectivity index (χ2v) is 8.03. The van der Waals surface area contributed by atoms with E-state index in [2.05, 4.69) is 4.90 Å². The van der Waals surface area contributed by atoms with Crippen molar-refractivity contribution in [3.63, 3.8) is 0 Å². The first-order valence-corrected chi connectivity index (χ1v) is 9.40. The zero-order valence-electron chi connectivity index (χ0n) is 13.1. The monoisotopic (exact) mass is 324 g/mol. The van der Waals surface area contributed by atoms with E-state index >= 15 is 0 Å². The highest BCUT2D eigenvalue weighted by Crippen LogP contribution is 2.23. The topological polar surface area (TPSA) is 49.9 Å². The first-order chi connectivity index (χ1) is 10.6. The van der Waals surface area contributed by atoms with E-state index in [4.69, 9.17) is 4.74 Å². The predicted molar refractivity (Wildman–Crippen MR) is 85.4 cm³/mol. The van der Waals surface area contributed by atoms with Crippen LogP contribution in [0.5, 0.6) is 0 Å². The van der Waals surface area contributed by atoms with Gasteiger partial charge in [0.25, 0.3) is 0 Å². The molecule has 0 spiro atoms. The second-order valence-electron chi connectivity index (χ2n) is 6.10. The van der Waals surface area contributed by atoms with Crippen LogP contribution in [-0.2, 0) is 14.8 Å². The Morgan fingerprint density at radius 1 is 1.00 bits per heavy atom. The van der Waals surface area contributed by atoms with Gasteiger partial charge in [-0.1, -0.05) is 17.7 Å². The van der Waals surface area contributed by atoms with Crippen molar-refractivity contribution >= 4 is 10.0 Å².